The predicted octanol–water partition coefficient (Wildman–Crippen LogP) is 1.59. The summed E-state index contributed by atoms with van der Waals surface area (Å²) in [5.41, 5.74) is 7.10. The summed E-state index contributed by atoms with van der Waals surface area (Å²) < 4.78 is 10.5. The number of benzene rings is 2. The van der Waals surface area contributed by atoms with Crippen LogP contribution in [0.1, 0.15) is 41.3 Å². The minimum Gasteiger partial charge on any atom is -0.508 e. The highest BCUT2D eigenvalue weighted by Gasteiger charge is 2.30. The maximum Gasteiger partial charge on any atom is 0.332 e. The number of hydrogen-bond donors (Lipinski definition) is 4. The number of hydrogen-bond acceptors (Lipinski definition) is 7. The number of ether oxygens (including phenoxy) is 2. The van der Waals surface area contributed by atoms with E-state index in [0.29, 0.717) is 43.7 Å². The molecule has 10 heteroatoms. The number of nitrogen functional groups attached to an aromatic ring is 1. The summed E-state index contributed by atoms with van der Waals surface area (Å²) in [5, 5.41) is 19.9. The molecule has 2 aromatic carbocycles. The SMILES string of the molecule is CCOC(=O)COC1CCN(C(=O)[C@H](Cc2ccc(O)cc2)NC(=O)c2ccc(C(=N)N)cc2)CC1. The van der Waals surface area contributed by atoms with E-state index in [4.69, 9.17) is 20.6 Å². The highest BCUT2D eigenvalue weighted by atomic mass is 16.6. The quantitative estimate of drug-likeness (QED) is 0.221. The molecule has 0 unspecified atom stereocenters. The molecule has 0 saturated carbocycles. The number of nitrogens with two attached hydrogens (primary N) is 1. The van der Waals surface area contributed by atoms with Crippen LogP contribution in [0.2, 0.25) is 0 Å². The molecular weight excluding hydrogens is 464 g/mol. The highest BCUT2D eigenvalue weighted by Crippen LogP contribution is 2.18. The van der Waals surface area contributed by atoms with Crippen molar-refractivity contribution in [1.29, 1.82) is 5.41 Å². The number of carbonyl (C=O) groups is 3. The van der Waals surface area contributed by atoms with Gasteiger partial charge in [0.2, 0.25) is 5.91 Å². The molecule has 3 rings (SSSR count). The lowest BCUT2D eigenvalue weighted by Crippen LogP contribution is -2.52. The topological polar surface area (TPSA) is 155 Å². The van der Waals surface area contributed by atoms with Crippen LogP contribution in [0.15, 0.2) is 48.5 Å². The third-order valence-electron chi connectivity index (χ3n) is 5.93. The van der Waals surface area contributed by atoms with Crippen molar-refractivity contribution in [1.82, 2.24) is 10.2 Å². The molecule has 10 nitrogen and oxygen atoms in total. The third-order valence-corrected chi connectivity index (χ3v) is 5.93. The smallest absolute Gasteiger partial charge is 0.332 e. The Bertz CT molecular complexity index is 1060. The number of nitrogens with one attached hydrogen (secondary N) is 2. The number of rotatable bonds is 10. The number of aromatic hydroxyl groups is 1. The van der Waals surface area contributed by atoms with E-state index >= 15 is 0 Å². The Morgan fingerprint density at radius 1 is 1.08 bits per heavy atom. The van der Waals surface area contributed by atoms with Crippen molar-refractivity contribution in [2.75, 3.05) is 26.3 Å². The van der Waals surface area contributed by atoms with Crippen LogP contribution in [0.25, 0.3) is 0 Å². The Labute approximate surface area is 209 Å². The summed E-state index contributed by atoms with van der Waals surface area (Å²) in [5.74, 6) is -1.04. The van der Waals surface area contributed by atoms with Crippen molar-refractivity contribution in [3.8, 4) is 5.75 Å². The van der Waals surface area contributed by atoms with E-state index in [1.807, 2.05) is 0 Å². The summed E-state index contributed by atoms with van der Waals surface area (Å²) in [4.78, 5) is 39.6. The zero-order chi connectivity index (χ0) is 26.1. The van der Waals surface area contributed by atoms with E-state index in [-0.39, 0.29) is 36.6 Å². The second kappa shape index (κ2) is 12.7. The van der Waals surface area contributed by atoms with Gasteiger partial charge in [0.05, 0.1) is 12.7 Å². The molecular formula is C26H32N4O6. The van der Waals surface area contributed by atoms with Crippen molar-refractivity contribution in [2.45, 2.75) is 38.3 Å². The Kier molecular flexibility index (Phi) is 9.40. The van der Waals surface area contributed by atoms with Crippen molar-refractivity contribution >= 4 is 23.6 Å². The lowest BCUT2D eigenvalue weighted by atomic mass is 10.0. The molecule has 1 aliphatic rings. The number of phenols is 1. The molecule has 2 aromatic rings. The minimum absolute atomic E-state index is 0.100. The standard InChI is InChI=1S/C26H32N4O6/c1-2-35-23(32)16-36-21-11-13-30(14-12-21)26(34)22(15-17-3-9-20(31)10-4-17)29-25(33)19-7-5-18(6-8-19)24(27)28/h3-10,21-22,31H,2,11-16H2,1H3,(H3,27,28)(H,29,33)/t22-/m0/s1. The van der Waals surface area contributed by atoms with Crippen LogP contribution in [0, 0.1) is 5.41 Å². The van der Waals surface area contributed by atoms with Crippen LogP contribution in [0.4, 0.5) is 0 Å². The van der Waals surface area contributed by atoms with Gasteiger partial charge in [0, 0.05) is 30.6 Å². The molecule has 0 spiro atoms. The summed E-state index contributed by atoms with van der Waals surface area (Å²) in [6.07, 6.45) is 1.23. The molecule has 36 heavy (non-hydrogen) atoms. The average molecular weight is 497 g/mol. The van der Waals surface area contributed by atoms with E-state index in [0.717, 1.165) is 5.56 Å². The molecule has 0 aliphatic carbocycles. The molecule has 0 aromatic heterocycles. The van der Waals surface area contributed by atoms with E-state index < -0.39 is 17.9 Å². The zero-order valence-corrected chi connectivity index (χ0v) is 20.2. The minimum atomic E-state index is -0.827. The second-order valence-corrected chi connectivity index (χ2v) is 8.53. The summed E-state index contributed by atoms with van der Waals surface area (Å²) >= 11 is 0. The highest BCUT2D eigenvalue weighted by molar-refractivity contribution is 5.99. The van der Waals surface area contributed by atoms with Gasteiger partial charge >= 0.3 is 5.97 Å². The van der Waals surface area contributed by atoms with E-state index in [9.17, 15) is 19.5 Å². The summed E-state index contributed by atoms with van der Waals surface area (Å²) in [7, 11) is 0. The molecule has 2 amide bonds. The number of nitrogens with zero attached hydrogens (tertiary/aromatic N) is 1. The first-order chi connectivity index (χ1) is 17.3. The van der Waals surface area contributed by atoms with Gasteiger partial charge in [-0.15, -0.1) is 0 Å². The number of likely N-dealkylation sites (tertiary alicyclic amines) is 1. The van der Waals surface area contributed by atoms with Gasteiger partial charge in [-0.1, -0.05) is 24.3 Å². The van der Waals surface area contributed by atoms with Gasteiger partial charge in [0.1, 0.15) is 24.2 Å². The monoisotopic (exact) mass is 496 g/mol. The molecule has 1 atom stereocenters. The van der Waals surface area contributed by atoms with Crippen LogP contribution in [-0.4, -0.2) is 72.1 Å². The fourth-order valence-corrected chi connectivity index (χ4v) is 3.96. The van der Waals surface area contributed by atoms with Gasteiger partial charge in [-0.05, 0) is 49.6 Å². The summed E-state index contributed by atoms with van der Waals surface area (Å²) in [6, 6.07) is 11.9. The van der Waals surface area contributed by atoms with Crippen molar-refractivity contribution in [3.05, 3.63) is 65.2 Å². The van der Waals surface area contributed by atoms with Crippen LogP contribution in [0.3, 0.4) is 0 Å². The summed E-state index contributed by atoms with van der Waals surface area (Å²) in [6.45, 7) is 2.78. The van der Waals surface area contributed by atoms with Crippen molar-refractivity contribution in [3.63, 3.8) is 0 Å². The van der Waals surface area contributed by atoms with Crippen LogP contribution >= 0.6 is 0 Å². The first-order valence-electron chi connectivity index (χ1n) is 11.9. The van der Waals surface area contributed by atoms with E-state index in [1.54, 1.807) is 48.2 Å². The maximum atomic E-state index is 13.4. The molecule has 5 N–H and O–H groups in total. The Balaban J connectivity index is 1.66. The lowest BCUT2D eigenvalue weighted by Gasteiger charge is -2.34. The normalized spacial score (nSPS) is 14.6. The van der Waals surface area contributed by atoms with E-state index in [2.05, 4.69) is 5.32 Å². The van der Waals surface area contributed by atoms with Gasteiger partial charge in [-0.2, -0.15) is 0 Å². The fourth-order valence-electron chi connectivity index (χ4n) is 3.96. The first-order valence-corrected chi connectivity index (χ1v) is 11.9. The zero-order valence-electron chi connectivity index (χ0n) is 20.2. The Hall–Kier alpha value is -3.92. The number of esters is 1. The number of carbonyl (C=O) groups excluding carboxylic acids is 3. The van der Waals surface area contributed by atoms with Gasteiger partial charge < -0.3 is 30.5 Å². The molecule has 1 saturated heterocycles. The molecule has 1 fully saturated rings. The third kappa shape index (κ3) is 7.54. The van der Waals surface area contributed by atoms with Crippen LogP contribution in [-0.2, 0) is 25.5 Å². The molecule has 0 radical (unpaired) electrons. The number of amidine groups is 1. The van der Waals surface area contributed by atoms with Gasteiger partial charge in [-0.25, -0.2) is 4.79 Å². The van der Waals surface area contributed by atoms with Crippen molar-refractivity contribution in [2.24, 2.45) is 5.73 Å². The molecule has 1 heterocycles. The predicted molar refractivity (Wildman–Crippen MR) is 133 cm³/mol. The Morgan fingerprint density at radius 3 is 2.28 bits per heavy atom. The second-order valence-electron chi connectivity index (χ2n) is 8.53. The molecule has 192 valence electrons. The van der Waals surface area contributed by atoms with Crippen LogP contribution in [0.5, 0.6) is 5.75 Å². The van der Waals surface area contributed by atoms with Gasteiger partial charge in [-0.3, -0.25) is 15.0 Å². The van der Waals surface area contributed by atoms with Gasteiger partial charge in [0.15, 0.2) is 0 Å². The molecule has 0 bridgehead atoms. The first kappa shape index (κ1) is 26.7. The number of piperidine rings is 1. The number of amides is 2. The molecule has 1 aliphatic heterocycles. The number of phenolic OH excluding ortho intramolecular Hbond substituents is 1. The maximum absolute atomic E-state index is 13.4. The lowest BCUT2D eigenvalue weighted by molar-refractivity contribution is -0.152. The van der Waals surface area contributed by atoms with Gasteiger partial charge in [0.25, 0.3) is 5.91 Å². The van der Waals surface area contributed by atoms with Crippen LogP contribution < -0.4 is 11.1 Å². The van der Waals surface area contributed by atoms with Crippen molar-refractivity contribution < 1.29 is 29.0 Å². The van der Waals surface area contributed by atoms with E-state index in [1.165, 1.54) is 12.1 Å². The fraction of sp³-hybridized carbons (Fsp3) is 0.385. The Morgan fingerprint density at radius 2 is 1.69 bits per heavy atom. The largest absolute Gasteiger partial charge is 0.508 e. The average Bonchev–Trinajstić information content (AvgIpc) is 2.88.